The summed E-state index contributed by atoms with van der Waals surface area (Å²) in [5.41, 5.74) is 1.49. The number of rotatable bonds is 4. The lowest BCUT2D eigenvalue weighted by molar-refractivity contribution is -0.132. The second kappa shape index (κ2) is 8.90. The Morgan fingerprint density at radius 3 is 2.23 bits per heavy atom. The van der Waals surface area contributed by atoms with Gasteiger partial charge in [0, 0.05) is 38.3 Å². The molecule has 0 atom stereocenters. The third kappa shape index (κ3) is 4.65. The Morgan fingerprint density at radius 2 is 1.58 bits per heavy atom. The number of likely N-dealkylation sites (tertiary alicyclic amines) is 1. The minimum Gasteiger partial charge on any atom is -0.341 e. The molecule has 3 heterocycles. The van der Waals surface area contributed by atoms with Crippen LogP contribution < -0.4 is 4.90 Å². The minimum atomic E-state index is -3.54. The predicted octanol–water partition coefficient (Wildman–Crippen LogP) is 2.64. The van der Waals surface area contributed by atoms with Crippen molar-refractivity contribution in [3.05, 3.63) is 23.8 Å². The van der Waals surface area contributed by atoms with Crippen molar-refractivity contribution >= 4 is 27.5 Å². The molecule has 0 aliphatic carbocycles. The van der Waals surface area contributed by atoms with E-state index in [2.05, 4.69) is 13.8 Å². The Kier molecular flexibility index (Phi) is 6.40. The Hall–Kier alpha value is -1.93. The summed E-state index contributed by atoms with van der Waals surface area (Å²) in [6.45, 7) is 6.95. The number of benzene rings is 1. The molecule has 0 aromatic heterocycles. The third-order valence-corrected chi connectivity index (χ3v) is 8.96. The van der Waals surface area contributed by atoms with E-state index >= 15 is 0 Å². The molecule has 1 aromatic carbocycles. The molecule has 0 saturated carbocycles. The van der Waals surface area contributed by atoms with Crippen LogP contribution >= 0.6 is 0 Å². The molecule has 0 unspecified atom stereocenters. The highest BCUT2D eigenvalue weighted by molar-refractivity contribution is 7.89. The van der Waals surface area contributed by atoms with E-state index in [1.807, 2.05) is 4.90 Å². The maximum absolute atomic E-state index is 13.1. The van der Waals surface area contributed by atoms with E-state index in [1.165, 1.54) is 4.90 Å². The highest BCUT2D eigenvalue weighted by Gasteiger charge is 2.32. The fraction of sp³-hybridized carbons (Fsp3) is 0.652. The van der Waals surface area contributed by atoms with Gasteiger partial charge in [-0.1, -0.05) is 13.8 Å². The van der Waals surface area contributed by atoms with E-state index < -0.39 is 10.0 Å². The monoisotopic (exact) mass is 447 g/mol. The first-order valence-corrected chi connectivity index (χ1v) is 12.9. The molecule has 2 saturated heterocycles. The molecule has 31 heavy (non-hydrogen) atoms. The number of nitrogens with zero attached hydrogens (tertiary/aromatic N) is 3. The maximum Gasteiger partial charge on any atom is 0.243 e. The summed E-state index contributed by atoms with van der Waals surface area (Å²) in [4.78, 5) is 29.1. The van der Waals surface area contributed by atoms with Crippen LogP contribution in [-0.2, 0) is 26.0 Å². The predicted molar refractivity (Wildman–Crippen MR) is 119 cm³/mol. The number of hydrogen-bond acceptors (Lipinski definition) is 4. The SMILES string of the molecule is CC1CCN(C(=O)CN2C(=O)CCc3cc(S(=O)(=O)N4CCC(C)CC4)ccc32)CC1. The molecule has 0 N–H and O–H groups in total. The zero-order valence-corrected chi connectivity index (χ0v) is 19.4. The van der Waals surface area contributed by atoms with E-state index in [-0.39, 0.29) is 23.3 Å². The van der Waals surface area contributed by atoms with Crippen molar-refractivity contribution in [3.8, 4) is 0 Å². The summed E-state index contributed by atoms with van der Waals surface area (Å²) in [6, 6.07) is 5.00. The van der Waals surface area contributed by atoms with Crippen LogP contribution in [0.2, 0.25) is 0 Å². The molecule has 2 fully saturated rings. The van der Waals surface area contributed by atoms with Crippen LogP contribution in [0.5, 0.6) is 0 Å². The summed E-state index contributed by atoms with van der Waals surface area (Å²) >= 11 is 0. The molecule has 0 spiro atoms. The van der Waals surface area contributed by atoms with Gasteiger partial charge in [0.25, 0.3) is 0 Å². The minimum absolute atomic E-state index is 0.0241. The number of anilines is 1. The number of carbonyl (C=O) groups is 2. The first-order chi connectivity index (χ1) is 14.8. The lowest BCUT2D eigenvalue weighted by Crippen LogP contribution is -2.47. The van der Waals surface area contributed by atoms with Crippen molar-refractivity contribution in [1.82, 2.24) is 9.21 Å². The van der Waals surface area contributed by atoms with E-state index in [0.29, 0.717) is 43.5 Å². The molecule has 1 aromatic rings. The van der Waals surface area contributed by atoms with E-state index in [4.69, 9.17) is 0 Å². The summed E-state index contributed by atoms with van der Waals surface area (Å²) in [5, 5.41) is 0. The molecular weight excluding hydrogens is 414 g/mol. The van der Waals surface area contributed by atoms with Gasteiger partial charge in [0.2, 0.25) is 21.8 Å². The fourth-order valence-electron chi connectivity index (χ4n) is 4.74. The quantitative estimate of drug-likeness (QED) is 0.711. The Bertz CT molecular complexity index is 946. The number of amides is 2. The first kappa shape index (κ1) is 22.3. The number of aryl methyl sites for hydroxylation is 1. The van der Waals surface area contributed by atoms with Gasteiger partial charge < -0.3 is 9.80 Å². The molecule has 7 nitrogen and oxygen atoms in total. The topological polar surface area (TPSA) is 78.0 Å². The van der Waals surface area contributed by atoms with Gasteiger partial charge in [-0.15, -0.1) is 0 Å². The van der Waals surface area contributed by atoms with Crippen LogP contribution in [0.1, 0.15) is 51.5 Å². The summed E-state index contributed by atoms with van der Waals surface area (Å²) in [5.74, 6) is 1.07. The molecule has 8 heteroatoms. The molecule has 0 radical (unpaired) electrons. The van der Waals surface area contributed by atoms with Crippen molar-refractivity contribution in [3.63, 3.8) is 0 Å². The second-order valence-electron chi connectivity index (χ2n) is 9.42. The van der Waals surface area contributed by atoms with Crippen molar-refractivity contribution in [2.24, 2.45) is 11.8 Å². The van der Waals surface area contributed by atoms with Crippen LogP contribution in [0, 0.1) is 11.8 Å². The number of hydrogen-bond donors (Lipinski definition) is 0. The van der Waals surface area contributed by atoms with Gasteiger partial charge in [0.1, 0.15) is 6.54 Å². The normalized spacial score (nSPS) is 21.9. The van der Waals surface area contributed by atoms with E-state index in [0.717, 1.165) is 44.3 Å². The van der Waals surface area contributed by atoms with Gasteiger partial charge in [-0.25, -0.2) is 8.42 Å². The smallest absolute Gasteiger partial charge is 0.243 e. The number of fused-ring (bicyclic) bond motifs is 1. The van der Waals surface area contributed by atoms with E-state index in [9.17, 15) is 18.0 Å². The lowest BCUT2D eigenvalue weighted by atomic mass is 9.99. The Balaban J connectivity index is 1.52. The zero-order valence-electron chi connectivity index (χ0n) is 18.5. The van der Waals surface area contributed by atoms with Gasteiger partial charge in [-0.05, 0) is 67.7 Å². The fourth-order valence-corrected chi connectivity index (χ4v) is 6.26. The highest BCUT2D eigenvalue weighted by atomic mass is 32.2. The zero-order chi connectivity index (χ0) is 22.2. The van der Waals surface area contributed by atoms with Gasteiger partial charge in [0.15, 0.2) is 0 Å². The third-order valence-electron chi connectivity index (χ3n) is 7.06. The lowest BCUT2D eigenvalue weighted by Gasteiger charge is -2.34. The molecule has 3 aliphatic rings. The molecule has 0 bridgehead atoms. The van der Waals surface area contributed by atoms with Gasteiger partial charge in [-0.2, -0.15) is 4.31 Å². The summed E-state index contributed by atoms with van der Waals surface area (Å²) < 4.78 is 27.8. The van der Waals surface area contributed by atoms with Crippen LogP contribution in [0.3, 0.4) is 0 Å². The van der Waals surface area contributed by atoms with Gasteiger partial charge in [-0.3, -0.25) is 9.59 Å². The molecular formula is C23H33N3O4S. The Morgan fingerprint density at radius 1 is 0.968 bits per heavy atom. The Labute approximate surface area is 185 Å². The molecule has 2 amide bonds. The number of carbonyl (C=O) groups excluding carboxylic acids is 2. The van der Waals surface area contributed by atoms with Crippen LogP contribution in [0.25, 0.3) is 0 Å². The van der Waals surface area contributed by atoms with Crippen molar-refractivity contribution in [2.45, 2.75) is 57.3 Å². The van der Waals surface area contributed by atoms with Crippen LogP contribution in [0.4, 0.5) is 5.69 Å². The molecule has 4 rings (SSSR count). The van der Waals surface area contributed by atoms with Crippen LogP contribution in [-0.4, -0.2) is 62.2 Å². The number of piperidine rings is 2. The molecule has 3 aliphatic heterocycles. The summed E-state index contributed by atoms with van der Waals surface area (Å²) in [6.07, 6.45) is 4.54. The number of sulfonamides is 1. The largest absolute Gasteiger partial charge is 0.341 e. The average Bonchev–Trinajstić information content (AvgIpc) is 2.76. The highest BCUT2D eigenvalue weighted by Crippen LogP contribution is 2.32. The maximum atomic E-state index is 13.1. The average molecular weight is 448 g/mol. The second-order valence-corrected chi connectivity index (χ2v) is 11.4. The van der Waals surface area contributed by atoms with Crippen molar-refractivity contribution < 1.29 is 18.0 Å². The molecule has 170 valence electrons. The van der Waals surface area contributed by atoms with Crippen molar-refractivity contribution in [1.29, 1.82) is 0 Å². The standard InChI is InChI=1S/C23H33N3O4S/c1-17-7-11-24(12-8-17)23(28)16-26-21-5-4-20(15-19(21)3-6-22(26)27)31(29,30)25-13-9-18(2)10-14-25/h4-5,15,17-18H,3,6-14,16H2,1-2H3. The summed E-state index contributed by atoms with van der Waals surface area (Å²) in [7, 11) is -3.54. The van der Waals surface area contributed by atoms with Crippen molar-refractivity contribution in [2.75, 3.05) is 37.6 Å². The van der Waals surface area contributed by atoms with Crippen LogP contribution in [0.15, 0.2) is 23.1 Å². The van der Waals surface area contributed by atoms with Gasteiger partial charge >= 0.3 is 0 Å². The van der Waals surface area contributed by atoms with E-state index in [1.54, 1.807) is 22.5 Å². The van der Waals surface area contributed by atoms with Gasteiger partial charge in [0.05, 0.1) is 4.90 Å². The first-order valence-electron chi connectivity index (χ1n) is 11.5.